The highest BCUT2D eigenvalue weighted by atomic mass is 19.4. The number of hydrogen-bond donors (Lipinski definition) is 2. The second-order valence-corrected chi connectivity index (χ2v) is 14.4. The fraction of sp³-hybridized carbons (Fsp3) is 0.658. The van der Waals surface area contributed by atoms with Crippen LogP contribution in [0.2, 0.25) is 0 Å². The van der Waals surface area contributed by atoms with Gasteiger partial charge in [0.05, 0.1) is 26.4 Å². The maximum Gasteiger partial charge on any atom is 0.434 e. The number of ether oxygens (including phenoxy) is 3. The molecule has 2 N–H and O–H groups in total. The van der Waals surface area contributed by atoms with Crippen molar-refractivity contribution in [1.29, 1.82) is 0 Å². The molecule has 0 unspecified atom stereocenters. The molecule has 4 aliphatic rings. The molecule has 0 radical (unpaired) electrons. The Morgan fingerprint density at radius 2 is 0.984 bits per heavy atom. The van der Waals surface area contributed by atoms with Gasteiger partial charge in [-0.05, 0) is 24.3 Å². The SMILES string of the molecule is C.Fc1cc(N2CCOCC2)ccc1CN1CCNCC1.O=C(OC(C(F)(F)F)C(F)(F)F)N1CCN(Cc2ccc(N3CCOCC3)cc2F)CC1.OC(C(F)(F)F)C(F)(F)F. The van der Waals surface area contributed by atoms with Crippen LogP contribution < -0.4 is 15.1 Å². The van der Waals surface area contributed by atoms with Crippen molar-refractivity contribution in [2.45, 2.75) is 57.4 Å². The van der Waals surface area contributed by atoms with E-state index in [9.17, 15) is 66.3 Å². The summed E-state index contributed by atoms with van der Waals surface area (Å²) in [6, 6.07) is 10.5. The first-order valence-electron chi connectivity index (χ1n) is 19.2. The van der Waals surface area contributed by atoms with Crippen LogP contribution in [0.25, 0.3) is 0 Å². The van der Waals surface area contributed by atoms with Crippen LogP contribution in [0, 0.1) is 11.6 Å². The van der Waals surface area contributed by atoms with Crippen LogP contribution >= 0.6 is 0 Å². The Kier molecular flexibility index (Phi) is 19.8. The fourth-order valence-electron chi connectivity index (χ4n) is 6.49. The highest BCUT2D eigenvalue weighted by molar-refractivity contribution is 5.68. The van der Waals surface area contributed by atoms with Crippen LogP contribution in [0.4, 0.5) is 77.6 Å². The van der Waals surface area contributed by atoms with Crippen molar-refractivity contribution < 1.29 is 85.6 Å². The van der Waals surface area contributed by atoms with Gasteiger partial charge in [0.15, 0.2) is 0 Å². The van der Waals surface area contributed by atoms with Crippen molar-refractivity contribution in [2.24, 2.45) is 0 Å². The van der Waals surface area contributed by atoms with Gasteiger partial charge in [-0.2, -0.15) is 52.7 Å². The Labute approximate surface area is 354 Å². The number of benzene rings is 2. The number of piperazine rings is 2. The number of carbonyl (C=O) groups is 1. The monoisotopic (exact) mass is 936 g/mol. The Bertz CT molecular complexity index is 1660. The third kappa shape index (κ3) is 16.9. The molecule has 0 aromatic heterocycles. The number of amides is 1. The molecule has 2 aromatic rings. The molecule has 0 spiro atoms. The van der Waals surface area contributed by atoms with Gasteiger partial charge in [0.25, 0.3) is 6.10 Å². The lowest BCUT2D eigenvalue weighted by Crippen LogP contribution is -2.52. The van der Waals surface area contributed by atoms with Gasteiger partial charge in [0.1, 0.15) is 11.6 Å². The van der Waals surface area contributed by atoms with Gasteiger partial charge in [0, 0.05) is 114 Å². The maximum atomic E-state index is 14.5. The molecule has 0 saturated carbocycles. The summed E-state index contributed by atoms with van der Waals surface area (Å²) in [4.78, 5) is 20.8. The van der Waals surface area contributed by atoms with Gasteiger partial charge < -0.3 is 39.3 Å². The zero-order valence-corrected chi connectivity index (χ0v) is 33.0. The number of anilines is 2. The number of rotatable bonds is 7. The molecule has 0 atom stereocenters. The topological polar surface area (TPSA) is 93.2 Å². The van der Waals surface area contributed by atoms with Crippen molar-refractivity contribution in [3.05, 3.63) is 59.2 Å². The van der Waals surface area contributed by atoms with E-state index in [-0.39, 0.29) is 46.0 Å². The molecular weight excluding hydrogens is 886 g/mol. The Morgan fingerprint density at radius 3 is 1.32 bits per heavy atom. The number of morpholine rings is 2. The van der Waals surface area contributed by atoms with Crippen LogP contribution in [0.15, 0.2) is 36.4 Å². The van der Waals surface area contributed by atoms with E-state index in [2.05, 4.69) is 19.9 Å². The summed E-state index contributed by atoms with van der Waals surface area (Å²) in [7, 11) is 0. The van der Waals surface area contributed by atoms with Gasteiger partial charge in [0.2, 0.25) is 6.10 Å². The van der Waals surface area contributed by atoms with Crippen LogP contribution in [0.5, 0.6) is 0 Å². The molecule has 4 saturated heterocycles. The van der Waals surface area contributed by atoms with E-state index in [1.807, 2.05) is 17.0 Å². The molecule has 2 aromatic carbocycles. The van der Waals surface area contributed by atoms with Crippen molar-refractivity contribution in [2.75, 3.05) is 115 Å². The third-order valence-electron chi connectivity index (χ3n) is 9.89. The summed E-state index contributed by atoms with van der Waals surface area (Å²) in [6.45, 7) is 10.4. The quantitative estimate of drug-likeness (QED) is 0.297. The maximum absolute atomic E-state index is 14.5. The van der Waals surface area contributed by atoms with E-state index < -0.39 is 48.8 Å². The summed E-state index contributed by atoms with van der Waals surface area (Å²) in [5, 5.41) is 10.8. The van der Waals surface area contributed by atoms with Crippen LogP contribution in [-0.2, 0) is 27.3 Å². The first-order valence-corrected chi connectivity index (χ1v) is 19.2. The molecule has 0 bridgehead atoms. The zero-order valence-electron chi connectivity index (χ0n) is 33.0. The summed E-state index contributed by atoms with van der Waals surface area (Å²) < 4.78 is 184. The highest BCUT2D eigenvalue weighted by Gasteiger charge is 2.60. The minimum Gasteiger partial charge on any atom is -0.426 e. The lowest BCUT2D eigenvalue weighted by molar-refractivity contribution is -0.309. The average molecular weight is 937 g/mol. The molecule has 1 amide bonds. The molecule has 6 rings (SSSR count). The smallest absolute Gasteiger partial charge is 0.426 e. The van der Waals surface area contributed by atoms with Crippen LogP contribution in [0.3, 0.4) is 0 Å². The molecular formula is C38H50F14N6O5. The fourth-order valence-corrected chi connectivity index (χ4v) is 6.49. The summed E-state index contributed by atoms with van der Waals surface area (Å²) >= 11 is 0. The Balaban J connectivity index is 0.000000289. The number of carbonyl (C=O) groups excluding carboxylic acids is 1. The largest absolute Gasteiger partial charge is 0.434 e. The molecule has 25 heteroatoms. The summed E-state index contributed by atoms with van der Waals surface area (Å²) in [5.41, 5.74) is 2.89. The zero-order chi connectivity index (χ0) is 45.9. The van der Waals surface area contributed by atoms with Crippen molar-refractivity contribution in [1.82, 2.24) is 20.0 Å². The van der Waals surface area contributed by atoms with E-state index in [1.165, 1.54) is 6.07 Å². The minimum absolute atomic E-state index is 0. The van der Waals surface area contributed by atoms with E-state index in [0.717, 1.165) is 74.3 Å². The number of aliphatic hydroxyl groups is 1. The second kappa shape index (κ2) is 23.3. The predicted octanol–water partition coefficient (Wildman–Crippen LogP) is 6.59. The molecule has 11 nitrogen and oxygen atoms in total. The Morgan fingerprint density at radius 1 is 0.603 bits per heavy atom. The Hall–Kier alpha value is -3.91. The predicted molar refractivity (Wildman–Crippen MR) is 201 cm³/mol. The summed E-state index contributed by atoms with van der Waals surface area (Å²) in [6.07, 6.45) is -32.9. The van der Waals surface area contributed by atoms with Gasteiger partial charge >= 0.3 is 30.8 Å². The molecule has 4 aliphatic heterocycles. The number of nitrogens with zero attached hydrogens (tertiary/aromatic N) is 5. The van der Waals surface area contributed by atoms with Crippen LogP contribution in [0.1, 0.15) is 18.6 Å². The number of nitrogens with one attached hydrogen (secondary N) is 1. The van der Waals surface area contributed by atoms with Crippen molar-refractivity contribution in [3.8, 4) is 0 Å². The lowest BCUT2D eigenvalue weighted by Gasteiger charge is -2.35. The van der Waals surface area contributed by atoms with Crippen molar-refractivity contribution in [3.63, 3.8) is 0 Å². The molecule has 4 fully saturated rings. The lowest BCUT2D eigenvalue weighted by atomic mass is 10.1. The molecule has 63 heavy (non-hydrogen) atoms. The van der Waals surface area contributed by atoms with E-state index in [0.29, 0.717) is 38.4 Å². The van der Waals surface area contributed by atoms with E-state index >= 15 is 0 Å². The molecule has 4 heterocycles. The van der Waals surface area contributed by atoms with Crippen LogP contribution in [-0.4, -0.2) is 168 Å². The molecule has 360 valence electrons. The first-order chi connectivity index (χ1) is 28.9. The number of alkyl halides is 12. The average Bonchev–Trinajstić information content (AvgIpc) is 3.21. The van der Waals surface area contributed by atoms with Crippen molar-refractivity contribution >= 4 is 17.5 Å². The van der Waals surface area contributed by atoms with Gasteiger partial charge in [-0.15, -0.1) is 0 Å². The number of aliphatic hydroxyl groups excluding tert-OH is 1. The van der Waals surface area contributed by atoms with E-state index in [1.54, 1.807) is 23.1 Å². The van der Waals surface area contributed by atoms with Gasteiger partial charge in [-0.1, -0.05) is 19.6 Å². The minimum atomic E-state index is -5.76. The van der Waals surface area contributed by atoms with Gasteiger partial charge in [-0.3, -0.25) is 9.80 Å². The number of hydrogen-bond acceptors (Lipinski definition) is 10. The second-order valence-electron chi connectivity index (χ2n) is 14.4. The normalized spacial score (nSPS) is 18.6. The standard InChI is InChI=1S/C19H22F7N3O3.C15H22FN3O.C3H2F6O.CH4/c20-15-11-14(28-7-9-31-10-8-28)2-1-13(15)12-27-3-5-29(6-4-27)17(30)32-16(18(21,22)23)19(24,25)26;16-15-11-14(19-7-9-20-10-8-19)2-1-13(15)12-18-5-3-17-4-6-18;4-2(5,6)1(10)3(7,8)9;/h1-2,11,16H,3-10,12H2;1-2,11,17H,3-10,12H2;1,10H;1H4. The van der Waals surface area contributed by atoms with E-state index in [4.69, 9.17) is 14.6 Å². The summed E-state index contributed by atoms with van der Waals surface area (Å²) in [5.74, 6) is -0.512. The third-order valence-corrected chi connectivity index (χ3v) is 9.89. The highest BCUT2D eigenvalue weighted by Crippen LogP contribution is 2.36. The first kappa shape index (κ1) is 53.4. The van der Waals surface area contributed by atoms with Gasteiger partial charge in [-0.25, -0.2) is 13.6 Å². The molecule has 0 aliphatic carbocycles. The number of halogens is 14.